The first kappa shape index (κ1) is 7.43. The summed E-state index contributed by atoms with van der Waals surface area (Å²) in [7, 11) is 0. The summed E-state index contributed by atoms with van der Waals surface area (Å²) in [5, 5.41) is 0. The van der Waals surface area contributed by atoms with Crippen molar-refractivity contribution in [2.45, 2.75) is 31.9 Å². The normalized spacial score (nSPS) is 56.4. The third kappa shape index (κ3) is 0.795. The molecule has 0 heterocycles. The van der Waals surface area contributed by atoms with Crippen molar-refractivity contribution in [2.24, 2.45) is 23.7 Å². The minimum absolute atomic E-state index is 0.177. The molecule has 0 aromatic carbocycles. The van der Waals surface area contributed by atoms with Crippen molar-refractivity contribution in [1.29, 1.82) is 0 Å². The van der Waals surface area contributed by atoms with Gasteiger partial charge in [-0.2, -0.15) is 0 Å². The monoisotopic (exact) mass is 184 g/mol. The number of rotatable bonds is 0. The van der Waals surface area contributed by atoms with Crippen LogP contribution in [-0.2, 0) is 0 Å². The Balaban J connectivity index is 1.98. The second-order valence-corrected chi connectivity index (χ2v) is 5.19. The Bertz CT molecular complexity index is 238. The lowest BCUT2D eigenvalue weighted by atomic mass is 9.55. The molecule has 0 saturated heterocycles. The number of hydrogen-bond donors (Lipinski definition) is 0. The molecule has 0 aromatic rings. The summed E-state index contributed by atoms with van der Waals surface area (Å²) in [4.78, 5) is 1.08. The third-order valence-corrected chi connectivity index (χ3v) is 4.67. The Hall–Kier alpha value is 0.0200. The van der Waals surface area contributed by atoms with E-state index in [-0.39, 0.29) is 5.92 Å². The van der Waals surface area contributed by atoms with Gasteiger partial charge in [-0.25, -0.2) is 4.39 Å². The summed E-state index contributed by atoms with van der Waals surface area (Å²) >= 11 is 5.31. The van der Waals surface area contributed by atoms with Gasteiger partial charge in [-0.15, -0.1) is 0 Å². The van der Waals surface area contributed by atoms with E-state index >= 15 is 0 Å². The van der Waals surface area contributed by atoms with Crippen LogP contribution in [-0.4, -0.2) is 11.0 Å². The SMILES string of the molecule is F[C@@H]1C2CC3CC(C2)C(=S)C1C3. The van der Waals surface area contributed by atoms with Gasteiger partial charge in [0, 0.05) is 10.8 Å². The van der Waals surface area contributed by atoms with Gasteiger partial charge in [0.2, 0.25) is 0 Å². The van der Waals surface area contributed by atoms with Crippen molar-refractivity contribution in [3.63, 3.8) is 0 Å². The molecule has 4 fully saturated rings. The summed E-state index contributed by atoms with van der Waals surface area (Å²) < 4.78 is 13.6. The van der Waals surface area contributed by atoms with Gasteiger partial charge in [-0.05, 0) is 43.4 Å². The van der Waals surface area contributed by atoms with Crippen LogP contribution in [0, 0.1) is 23.7 Å². The average molecular weight is 184 g/mol. The van der Waals surface area contributed by atoms with Gasteiger partial charge < -0.3 is 0 Å². The largest absolute Gasteiger partial charge is 0.246 e. The third-order valence-electron chi connectivity index (χ3n) is 4.03. The smallest absolute Gasteiger partial charge is 0.110 e. The zero-order valence-electron chi connectivity index (χ0n) is 7.00. The highest BCUT2D eigenvalue weighted by atomic mass is 32.1. The van der Waals surface area contributed by atoms with Gasteiger partial charge in [0.05, 0.1) is 0 Å². The number of alkyl halides is 1. The van der Waals surface area contributed by atoms with E-state index < -0.39 is 6.17 Å². The Kier molecular flexibility index (Phi) is 1.41. The molecule has 4 bridgehead atoms. The molecule has 0 nitrogen and oxygen atoms in total. The van der Waals surface area contributed by atoms with E-state index in [0.717, 1.165) is 30.0 Å². The van der Waals surface area contributed by atoms with Gasteiger partial charge >= 0.3 is 0 Å². The van der Waals surface area contributed by atoms with Crippen LogP contribution in [0.3, 0.4) is 0 Å². The van der Waals surface area contributed by atoms with Gasteiger partial charge in [0.15, 0.2) is 0 Å². The summed E-state index contributed by atoms with van der Waals surface area (Å²) in [5.41, 5.74) is 0. The maximum Gasteiger partial charge on any atom is 0.110 e. The van der Waals surface area contributed by atoms with Crippen molar-refractivity contribution < 1.29 is 4.39 Å². The zero-order chi connectivity index (χ0) is 8.29. The lowest BCUT2D eigenvalue weighted by molar-refractivity contribution is 0.0222. The summed E-state index contributed by atoms with van der Waals surface area (Å²) in [5.74, 6) is 1.99. The van der Waals surface area contributed by atoms with Crippen LogP contribution in [0.5, 0.6) is 0 Å². The fourth-order valence-corrected chi connectivity index (χ4v) is 3.98. The number of halogens is 1. The molecule has 0 aromatic heterocycles. The van der Waals surface area contributed by atoms with Gasteiger partial charge in [-0.3, -0.25) is 0 Å². The maximum absolute atomic E-state index is 13.6. The molecule has 4 rings (SSSR count). The van der Waals surface area contributed by atoms with Crippen molar-refractivity contribution in [3.8, 4) is 0 Å². The topological polar surface area (TPSA) is 0 Å². The van der Waals surface area contributed by atoms with Crippen molar-refractivity contribution in [3.05, 3.63) is 0 Å². The first-order valence-corrected chi connectivity index (χ1v) is 5.34. The van der Waals surface area contributed by atoms with E-state index in [9.17, 15) is 4.39 Å². The maximum atomic E-state index is 13.6. The first-order valence-electron chi connectivity index (χ1n) is 4.93. The van der Waals surface area contributed by atoms with E-state index in [0.29, 0.717) is 11.8 Å². The molecular weight excluding hydrogens is 171 g/mol. The highest BCUT2D eigenvalue weighted by molar-refractivity contribution is 7.80. The van der Waals surface area contributed by atoms with Crippen molar-refractivity contribution in [1.82, 2.24) is 0 Å². The fraction of sp³-hybridized carbons (Fsp3) is 0.900. The van der Waals surface area contributed by atoms with E-state index in [2.05, 4.69) is 0 Å². The molecule has 66 valence electrons. The molecular formula is C10H13FS. The summed E-state index contributed by atoms with van der Waals surface area (Å²) in [6, 6.07) is 0. The molecule has 5 atom stereocenters. The summed E-state index contributed by atoms with van der Waals surface area (Å²) in [6.07, 6.45) is 3.97. The molecule has 2 heteroatoms. The van der Waals surface area contributed by atoms with E-state index in [4.69, 9.17) is 12.2 Å². The van der Waals surface area contributed by atoms with Crippen LogP contribution < -0.4 is 0 Å². The van der Waals surface area contributed by atoms with Crippen LogP contribution >= 0.6 is 12.2 Å². The first-order chi connectivity index (χ1) is 5.75. The second-order valence-electron chi connectivity index (χ2n) is 4.72. The van der Waals surface area contributed by atoms with Crippen LogP contribution in [0.15, 0.2) is 0 Å². The predicted octanol–water partition coefficient (Wildman–Crippen LogP) is 2.76. The zero-order valence-corrected chi connectivity index (χ0v) is 7.82. The minimum Gasteiger partial charge on any atom is -0.246 e. The summed E-state index contributed by atoms with van der Waals surface area (Å²) in [6.45, 7) is 0. The quantitative estimate of drug-likeness (QED) is 0.522. The highest BCUT2D eigenvalue weighted by Crippen LogP contribution is 2.53. The Morgan fingerprint density at radius 3 is 2.83 bits per heavy atom. The molecule has 4 unspecified atom stereocenters. The second kappa shape index (κ2) is 2.28. The Labute approximate surface area is 77.5 Å². The average Bonchev–Trinajstić information content (AvgIpc) is 2.07. The van der Waals surface area contributed by atoms with Crippen LogP contribution in [0.25, 0.3) is 0 Å². The molecule has 12 heavy (non-hydrogen) atoms. The molecule has 0 amide bonds. The molecule has 0 radical (unpaired) electrons. The van der Waals surface area contributed by atoms with E-state index in [1.807, 2.05) is 0 Å². The molecule has 0 N–H and O–H groups in total. The number of hydrogen-bond acceptors (Lipinski definition) is 1. The van der Waals surface area contributed by atoms with Crippen molar-refractivity contribution >= 4 is 17.1 Å². The fourth-order valence-electron chi connectivity index (χ4n) is 3.56. The highest BCUT2D eigenvalue weighted by Gasteiger charge is 2.51. The molecule has 0 aliphatic heterocycles. The molecule has 0 spiro atoms. The van der Waals surface area contributed by atoms with Crippen LogP contribution in [0.1, 0.15) is 25.7 Å². The predicted molar refractivity (Wildman–Crippen MR) is 49.9 cm³/mol. The van der Waals surface area contributed by atoms with Crippen LogP contribution in [0.4, 0.5) is 4.39 Å². The molecule has 4 saturated carbocycles. The van der Waals surface area contributed by atoms with E-state index in [1.165, 1.54) is 6.42 Å². The lowest BCUT2D eigenvalue weighted by Gasteiger charge is -2.51. The van der Waals surface area contributed by atoms with E-state index in [1.54, 1.807) is 0 Å². The van der Waals surface area contributed by atoms with Crippen molar-refractivity contribution in [2.75, 3.05) is 0 Å². The molecule has 4 aliphatic carbocycles. The van der Waals surface area contributed by atoms with Gasteiger partial charge in [0.25, 0.3) is 0 Å². The Morgan fingerprint density at radius 2 is 2.00 bits per heavy atom. The van der Waals surface area contributed by atoms with Gasteiger partial charge in [0.1, 0.15) is 6.17 Å². The number of thiocarbonyl (C=S) groups is 1. The minimum atomic E-state index is -0.578. The standard InChI is InChI=1S/C10H13FS/c11-9-6-1-5-2-7(4-6)10(12)8(9)3-5/h5-9H,1-4H2/t5?,6?,7?,8?,9-/m1/s1. The van der Waals surface area contributed by atoms with Gasteiger partial charge in [-0.1, -0.05) is 12.2 Å². The lowest BCUT2D eigenvalue weighted by Crippen LogP contribution is -2.51. The van der Waals surface area contributed by atoms with Crippen LogP contribution in [0.2, 0.25) is 0 Å². The molecule has 4 aliphatic rings. The Morgan fingerprint density at radius 1 is 1.17 bits per heavy atom.